The van der Waals surface area contributed by atoms with Gasteiger partial charge in [-0.1, -0.05) is 26.0 Å². The van der Waals surface area contributed by atoms with Gasteiger partial charge in [-0.25, -0.2) is 4.39 Å². The summed E-state index contributed by atoms with van der Waals surface area (Å²) in [5.41, 5.74) is 1.77. The zero-order valence-corrected chi connectivity index (χ0v) is 28.0. The van der Waals surface area contributed by atoms with Crippen LogP contribution < -0.4 is 10.1 Å². The number of piperidine rings is 1. The van der Waals surface area contributed by atoms with Crippen LogP contribution in [0.1, 0.15) is 93.8 Å². The predicted octanol–water partition coefficient (Wildman–Crippen LogP) is 6.41. The Hall–Kier alpha value is -2.97. The minimum atomic E-state index is -0.439. The first-order valence-corrected chi connectivity index (χ1v) is 16.8. The highest BCUT2D eigenvalue weighted by Gasteiger charge is 2.48. The normalized spacial score (nSPS) is 23.7. The quantitative estimate of drug-likeness (QED) is 0.332. The average molecular weight is 622 g/mol. The SMILES string of the molecule is CC(C)CCC1(C(=O)NCCN(C)C)CCN(C(=O)c2ccc3c(c2)[C@@H]2O[C@H](Cc4ccc(F)cc4)CC[C@H]2C(C)(C)O3)CC1. The number of carbonyl (C=O) groups is 2. The molecule has 0 spiro atoms. The van der Waals surface area contributed by atoms with E-state index in [0.29, 0.717) is 50.4 Å². The van der Waals surface area contributed by atoms with Crippen LogP contribution in [0, 0.1) is 23.1 Å². The molecule has 2 aromatic rings. The highest BCUT2D eigenvalue weighted by atomic mass is 19.1. The molecule has 1 N–H and O–H groups in total. The molecule has 8 heteroatoms. The number of carbonyl (C=O) groups excluding carboxylic acids is 2. The molecule has 3 aliphatic rings. The van der Waals surface area contributed by atoms with Crippen LogP contribution in [0.5, 0.6) is 5.75 Å². The number of hydrogen-bond donors (Lipinski definition) is 1. The zero-order valence-electron chi connectivity index (χ0n) is 28.0. The van der Waals surface area contributed by atoms with Crippen molar-refractivity contribution in [2.75, 3.05) is 40.3 Å². The molecule has 0 aliphatic carbocycles. The number of hydrogen-bond acceptors (Lipinski definition) is 5. The number of likely N-dealkylation sites (tertiary alicyclic amines) is 1. The number of halogens is 1. The third-order valence-electron chi connectivity index (χ3n) is 10.2. The molecular weight excluding hydrogens is 569 g/mol. The molecule has 2 saturated heterocycles. The van der Waals surface area contributed by atoms with Crippen LogP contribution in [0.4, 0.5) is 4.39 Å². The van der Waals surface area contributed by atoms with Gasteiger partial charge in [-0.2, -0.15) is 0 Å². The van der Waals surface area contributed by atoms with Crippen molar-refractivity contribution >= 4 is 11.8 Å². The molecule has 0 unspecified atom stereocenters. The lowest BCUT2D eigenvalue weighted by Crippen LogP contribution is -2.51. The second-order valence-corrected chi connectivity index (χ2v) is 14.7. The number of benzene rings is 2. The third kappa shape index (κ3) is 7.71. The Morgan fingerprint density at radius 2 is 1.78 bits per heavy atom. The van der Waals surface area contributed by atoms with Gasteiger partial charge < -0.3 is 24.6 Å². The minimum Gasteiger partial charge on any atom is -0.487 e. The highest BCUT2D eigenvalue weighted by molar-refractivity contribution is 5.95. The fourth-order valence-electron chi connectivity index (χ4n) is 7.34. The topological polar surface area (TPSA) is 71.1 Å². The smallest absolute Gasteiger partial charge is 0.253 e. The van der Waals surface area contributed by atoms with E-state index in [9.17, 15) is 14.0 Å². The standard InChI is InChI=1S/C37H52FN3O4/c1-25(2)15-16-37(35(43)39-19-22-40(5)6)17-20-41(21-18-37)34(42)27-9-14-32-30(24-27)33-31(36(3,4)45-32)13-12-29(44-33)23-26-7-10-28(38)11-8-26/h7-11,14,24-25,29,31,33H,12-13,15-23H2,1-6H3,(H,39,43)/t29-,31+,33-/m0/s1. The Bertz CT molecular complexity index is 1330. The molecule has 2 fully saturated rings. The summed E-state index contributed by atoms with van der Waals surface area (Å²) in [7, 11) is 4.01. The number of rotatable bonds is 10. The van der Waals surface area contributed by atoms with E-state index in [1.807, 2.05) is 49.3 Å². The van der Waals surface area contributed by atoms with E-state index < -0.39 is 11.0 Å². The van der Waals surface area contributed by atoms with Crippen molar-refractivity contribution in [2.45, 2.75) is 90.4 Å². The summed E-state index contributed by atoms with van der Waals surface area (Å²) in [5, 5.41) is 3.18. The van der Waals surface area contributed by atoms with Crippen LogP contribution in [0.3, 0.4) is 0 Å². The van der Waals surface area contributed by atoms with E-state index >= 15 is 0 Å². The van der Waals surface area contributed by atoms with Crippen molar-refractivity contribution in [1.82, 2.24) is 15.1 Å². The van der Waals surface area contributed by atoms with Crippen LogP contribution in [0.25, 0.3) is 0 Å². The van der Waals surface area contributed by atoms with Crippen molar-refractivity contribution in [3.63, 3.8) is 0 Å². The van der Waals surface area contributed by atoms with Gasteiger partial charge in [0.1, 0.15) is 17.2 Å². The van der Waals surface area contributed by atoms with Gasteiger partial charge in [-0.3, -0.25) is 9.59 Å². The summed E-state index contributed by atoms with van der Waals surface area (Å²) in [4.78, 5) is 31.4. The molecular formula is C37H52FN3O4. The summed E-state index contributed by atoms with van der Waals surface area (Å²) >= 11 is 0. The van der Waals surface area contributed by atoms with Crippen molar-refractivity contribution in [2.24, 2.45) is 17.3 Å². The highest BCUT2D eigenvalue weighted by Crippen LogP contribution is 2.51. The van der Waals surface area contributed by atoms with E-state index in [4.69, 9.17) is 9.47 Å². The lowest BCUT2D eigenvalue weighted by atomic mass is 9.72. The van der Waals surface area contributed by atoms with Gasteiger partial charge in [0.05, 0.1) is 17.6 Å². The average Bonchev–Trinajstić information content (AvgIpc) is 3.00. The Kier molecular flexibility index (Phi) is 10.2. The maximum atomic E-state index is 13.9. The molecule has 3 aliphatic heterocycles. The minimum absolute atomic E-state index is 0.00254. The zero-order chi connectivity index (χ0) is 32.4. The Labute approximate surface area is 268 Å². The molecule has 2 aromatic carbocycles. The van der Waals surface area contributed by atoms with Gasteiger partial charge in [-0.05, 0) is 115 Å². The van der Waals surface area contributed by atoms with Crippen LogP contribution >= 0.6 is 0 Å². The molecule has 45 heavy (non-hydrogen) atoms. The Balaban J connectivity index is 1.30. The van der Waals surface area contributed by atoms with Crippen molar-refractivity contribution in [3.05, 3.63) is 65.0 Å². The first-order chi connectivity index (χ1) is 21.4. The molecule has 0 aromatic heterocycles. The Morgan fingerprint density at radius 1 is 1.07 bits per heavy atom. The molecule has 246 valence electrons. The van der Waals surface area contributed by atoms with Gasteiger partial charge >= 0.3 is 0 Å². The van der Waals surface area contributed by atoms with E-state index in [0.717, 1.165) is 49.1 Å². The fourth-order valence-corrected chi connectivity index (χ4v) is 7.34. The molecule has 0 bridgehead atoms. The fraction of sp³-hybridized carbons (Fsp3) is 0.622. The van der Waals surface area contributed by atoms with Crippen molar-refractivity contribution < 1.29 is 23.5 Å². The number of ether oxygens (including phenoxy) is 2. The molecule has 2 amide bonds. The third-order valence-corrected chi connectivity index (χ3v) is 10.2. The molecule has 7 nitrogen and oxygen atoms in total. The van der Waals surface area contributed by atoms with Crippen LogP contribution in [0.2, 0.25) is 0 Å². The maximum Gasteiger partial charge on any atom is 0.253 e. The molecule has 5 rings (SSSR count). The van der Waals surface area contributed by atoms with E-state index in [1.165, 1.54) is 12.1 Å². The van der Waals surface area contributed by atoms with Crippen LogP contribution in [-0.4, -0.2) is 73.6 Å². The van der Waals surface area contributed by atoms with Crippen molar-refractivity contribution in [1.29, 1.82) is 0 Å². The second kappa shape index (κ2) is 13.8. The number of amides is 2. The molecule has 0 saturated carbocycles. The van der Waals surface area contributed by atoms with E-state index in [2.05, 4.69) is 37.9 Å². The van der Waals surface area contributed by atoms with Gasteiger partial charge in [-0.15, -0.1) is 0 Å². The number of nitrogens with zero attached hydrogens (tertiary/aromatic N) is 2. The van der Waals surface area contributed by atoms with Gasteiger partial charge in [0.15, 0.2) is 0 Å². The largest absolute Gasteiger partial charge is 0.487 e. The summed E-state index contributed by atoms with van der Waals surface area (Å²) < 4.78 is 26.7. The second-order valence-electron chi connectivity index (χ2n) is 14.7. The molecule has 0 radical (unpaired) electrons. The van der Waals surface area contributed by atoms with Crippen LogP contribution in [-0.2, 0) is 16.0 Å². The lowest BCUT2D eigenvalue weighted by molar-refractivity contribution is -0.149. The monoisotopic (exact) mass is 621 g/mol. The Morgan fingerprint density at radius 3 is 2.44 bits per heavy atom. The number of likely N-dealkylation sites (N-methyl/N-ethyl adjacent to an activating group) is 1. The van der Waals surface area contributed by atoms with Crippen LogP contribution in [0.15, 0.2) is 42.5 Å². The maximum absolute atomic E-state index is 13.9. The number of fused-ring (bicyclic) bond motifs is 3. The number of nitrogens with one attached hydrogen (secondary N) is 1. The molecule has 3 atom stereocenters. The predicted molar refractivity (Wildman–Crippen MR) is 175 cm³/mol. The van der Waals surface area contributed by atoms with Crippen molar-refractivity contribution in [3.8, 4) is 5.75 Å². The van der Waals surface area contributed by atoms with E-state index in [1.54, 1.807) is 0 Å². The van der Waals surface area contributed by atoms with Gasteiger partial charge in [0.25, 0.3) is 5.91 Å². The summed E-state index contributed by atoms with van der Waals surface area (Å²) in [6.45, 7) is 11.2. The molecule has 3 heterocycles. The summed E-state index contributed by atoms with van der Waals surface area (Å²) in [5.74, 6) is 1.31. The van der Waals surface area contributed by atoms with Gasteiger partial charge in [0, 0.05) is 43.2 Å². The first kappa shape index (κ1) is 33.4. The lowest BCUT2D eigenvalue weighted by Gasteiger charge is -2.49. The summed E-state index contributed by atoms with van der Waals surface area (Å²) in [6.07, 6.45) is 5.53. The van der Waals surface area contributed by atoms with Gasteiger partial charge in [0.2, 0.25) is 5.91 Å². The summed E-state index contributed by atoms with van der Waals surface area (Å²) in [6, 6.07) is 12.4. The first-order valence-electron chi connectivity index (χ1n) is 16.8. The van der Waals surface area contributed by atoms with E-state index in [-0.39, 0.29) is 35.8 Å².